The molecule has 9 heteroatoms. The lowest BCUT2D eigenvalue weighted by Gasteiger charge is -2.08. The number of benzene rings is 1. The van der Waals surface area contributed by atoms with Crippen molar-refractivity contribution in [3.8, 4) is 0 Å². The van der Waals surface area contributed by atoms with Gasteiger partial charge in [0.2, 0.25) is 10.0 Å². The highest BCUT2D eigenvalue weighted by molar-refractivity contribution is 7.89. The molecule has 1 heterocycles. The second kappa shape index (κ2) is 6.52. The number of thiazole rings is 1. The van der Waals surface area contributed by atoms with Crippen LogP contribution < -0.4 is 15.8 Å². The topological polar surface area (TPSA) is 97.1 Å². The van der Waals surface area contributed by atoms with Crippen LogP contribution in [0, 0.1) is 0 Å². The zero-order valence-corrected chi connectivity index (χ0v) is 14.7. The van der Waals surface area contributed by atoms with Gasteiger partial charge in [-0.25, -0.2) is 18.5 Å². The summed E-state index contributed by atoms with van der Waals surface area (Å²) >= 11 is 6.90. The van der Waals surface area contributed by atoms with Crippen molar-refractivity contribution < 1.29 is 8.42 Å². The fraction of sp³-hybridized carbons (Fsp3) is 0.286. The zero-order chi connectivity index (χ0) is 16.4. The van der Waals surface area contributed by atoms with Crippen molar-refractivity contribution in [3.05, 3.63) is 34.8 Å². The summed E-state index contributed by atoms with van der Waals surface area (Å²) in [4.78, 5) is 5.96. The average Bonchev–Trinajstić information content (AvgIpc) is 2.88. The van der Waals surface area contributed by atoms with Crippen LogP contribution in [0.25, 0.3) is 0 Å². The molecular formula is C14H16N4O2S3. The van der Waals surface area contributed by atoms with Gasteiger partial charge < -0.3 is 10.6 Å². The van der Waals surface area contributed by atoms with E-state index in [2.05, 4.69) is 15.6 Å². The van der Waals surface area contributed by atoms with Gasteiger partial charge in [-0.2, -0.15) is 0 Å². The number of thiocarbonyl (C=S) groups is 1. The van der Waals surface area contributed by atoms with Gasteiger partial charge in [-0.15, -0.1) is 11.3 Å². The van der Waals surface area contributed by atoms with Crippen LogP contribution in [-0.4, -0.2) is 18.5 Å². The average molecular weight is 369 g/mol. The molecule has 0 bridgehead atoms. The van der Waals surface area contributed by atoms with E-state index in [1.165, 1.54) is 35.5 Å². The van der Waals surface area contributed by atoms with Gasteiger partial charge in [0.25, 0.3) is 0 Å². The maximum Gasteiger partial charge on any atom is 0.238 e. The Hall–Kier alpha value is -1.55. The van der Waals surface area contributed by atoms with Crippen LogP contribution in [0.4, 0.5) is 10.8 Å². The maximum absolute atomic E-state index is 11.2. The Labute approximate surface area is 144 Å². The van der Waals surface area contributed by atoms with Gasteiger partial charge in [-0.05, 0) is 62.2 Å². The quantitative estimate of drug-likeness (QED) is 0.720. The van der Waals surface area contributed by atoms with E-state index in [1.807, 2.05) is 0 Å². The van der Waals surface area contributed by atoms with Crippen LogP contribution in [0.2, 0.25) is 0 Å². The summed E-state index contributed by atoms with van der Waals surface area (Å²) in [7, 11) is -3.68. The SMILES string of the molecule is NS(=O)(=O)c1ccc(NC(=S)Nc2nc3c(s2)CCCC3)cc1. The number of fused-ring (bicyclic) bond motifs is 1. The van der Waals surface area contributed by atoms with Gasteiger partial charge in [0.05, 0.1) is 10.6 Å². The minimum absolute atomic E-state index is 0.0644. The molecule has 1 aromatic heterocycles. The summed E-state index contributed by atoms with van der Waals surface area (Å²) in [6, 6.07) is 6.09. The Balaban J connectivity index is 1.64. The Bertz CT molecular complexity index is 805. The van der Waals surface area contributed by atoms with Crippen molar-refractivity contribution in [1.82, 2.24) is 4.98 Å². The van der Waals surface area contributed by atoms with E-state index in [9.17, 15) is 8.42 Å². The predicted molar refractivity (Wildman–Crippen MR) is 96.4 cm³/mol. The minimum Gasteiger partial charge on any atom is -0.332 e. The number of primary sulfonamides is 1. The van der Waals surface area contributed by atoms with Gasteiger partial charge >= 0.3 is 0 Å². The summed E-state index contributed by atoms with van der Waals surface area (Å²) in [5.74, 6) is 0. The highest BCUT2D eigenvalue weighted by Crippen LogP contribution is 2.29. The van der Waals surface area contributed by atoms with E-state index in [4.69, 9.17) is 17.4 Å². The van der Waals surface area contributed by atoms with E-state index in [1.54, 1.807) is 23.5 Å². The molecule has 4 N–H and O–H groups in total. The van der Waals surface area contributed by atoms with Gasteiger partial charge in [-0.3, -0.25) is 0 Å². The summed E-state index contributed by atoms with van der Waals surface area (Å²) in [5, 5.41) is 12.3. The maximum atomic E-state index is 11.2. The first-order valence-electron chi connectivity index (χ1n) is 7.11. The molecule has 3 rings (SSSR count). The Morgan fingerprint density at radius 1 is 1.17 bits per heavy atom. The minimum atomic E-state index is -3.68. The molecule has 0 saturated heterocycles. The van der Waals surface area contributed by atoms with Crippen LogP contribution >= 0.6 is 23.6 Å². The molecule has 0 amide bonds. The Morgan fingerprint density at radius 3 is 2.52 bits per heavy atom. The predicted octanol–water partition coefficient (Wildman–Crippen LogP) is 2.48. The van der Waals surface area contributed by atoms with E-state index >= 15 is 0 Å². The van der Waals surface area contributed by atoms with Crippen molar-refractivity contribution in [1.29, 1.82) is 0 Å². The number of nitrogens with zero attached hydrogens (tertiary/aromatic N) is 1. The highest BCUT2D eigenvalue weighted by Gasteiger charge is 2.15. The van der Waals surface area contributed by atoms with E-state index in [-0.39, 0.29) is 4.90 Å². The normalized spacial score (nSPS) is 14.1. The standard InChI is InChI=1S/C14H16N4O2S3/c15-23(19,20)10-7-5-9(6-8-10)16-13(21)18-14-17-11-3-1-2-4-12(11)22-14/h5-8H,1-4H2,(H2,15,19,20)(H2,16,17,18,21). The zero-order valence-electron chi connectivity index (χ0n) is 12.2. The summed E-state index contributed by atoms with van der Waals surface area (Å²) in [5.41, 5.74) is 1.85. The Morgan fingerprint density at radius 2 is 1.87 bits per heavy atom. The third kappa shape index (κ3) is 4.05. The number of anilines is 2. The molecule has 1 aliphatic rings. The third-order valence-corrected chi connectivity index (χ3v) is 5.71. The lowest BCUT2D eigenvalue weighted by atomic mass is 10.0. The van der Waals surface area contributed by atoms with Gasteiger partial charge in [-0.1, -0.05) is 0 Å². The second-order valence-corrected chi connectivity index (χ2v) is 8.30. The van der Waals surface area contributed by atoms with Crippen molar-refractivity contribution in [3.63, 3.8) is 0 Å². The van der Waals surface area contributed by atoms with E-state index < -0.39 is 10.0 Å². The molecule has 0 unspecified atom stereocenters. The van der Waals surface area contributed by atoms with Gasteiger partial charge in [0, 0.05) is 10.6 Å². The number of nitrogens with one attached hydrogen (secondary N) is 2. The smallest absolute Gasteiger partial charge is 0.238 e. The lowest BCUT2D eigenvalue weighted by molar-refractivity contribution is 0.598. The van der Waals surface area contributed by atoms with Gasteiger partial charge in [0.1, 0.15) is 0 Å². The largest absolute Gasteiger partial charge is 0.332 e. The Kier molecular flexibility index (Phi) is 4.62. The van der Waals surface area contributed by atoms with E-state index in [0.717, 1.165) is 18.0 Å². The first-order chi connectivity index (χ1) is 10.9. The molecule has 1 aliphatic carbocycles. The molecular weight excluding hydrogens is 352 g/mol. The molecule has 2 aromatic rings. The first kappa shape index (κ1) is 16.3. The molecule has 6 nitrogen and oxygen atoms in total. The summed E-state index contributed by atoms with van der Waals surface area (Å²) in [6.07, 6.45) is 4.52. The number of hydrogen-bond donors (Lipinski definition) is 3. The van der Waals surface area contributed by atoms with Crippen LogP contribution in [0.15, 0.2) is 29.2 Å². The van der Waals surface area contributed by atoms with Crippen molar-refractivity contribution in [2.45, 2.75) is 30.6 Å². The number of hydrogen-bond acceptors (Lipinski definition) is 5. The summed E-state index contributed by atoms with van der Waals surface area (Å²) < 4.78 is 22.4. The monoisotopic (exact) mass is 368 g/mol. The molecule has 0 fully saturated rings. The lowest BCUT2D eigenvalue weighted by Crippen LogP contribution is -2.19. The number of sulfonamides is 1. The molecule has 0 atom stereocenters. The highest BCUT2D eigenvalue weighted by atomic mass is 32.2. The summed E-state index contributed by atoms with van der Waals surface area (Å²) in [6.45, 7) is 0. The molecule has 0 saturated carbocycles. The molecule has 0 spiro atoms. The molecule has 23 heavy (non-hydrogen) atoms. The third-order valence-electron chi connectivity index (χ3n) is 3.51. The molecule has 0 aliphatic heterocycles. The number of nitrogens with two attached hydrogens (primary N) is 1. The van der Waals surface area contributed by atoms with Crippen LogP contribution in [0.5, 0.6) is 0 Å². The number of rotatable bonds is 3. The fourth-order valence-electron chi connectivity index (χ4n) is 2.39. The molecule has 1 aromatic carbocycles. The van der Waals surface area contributed by atoms with Crippen molar-refractivity contribution in [2.24, 2.45) is 5.14 Å². The molecule has 0 radical (unpaired) electrons. The van der Waals surface area contributed by atoms with Crippen molar-refractivity contribution in [2.75, 3.05) is 10.6 Å². The second-order valence-electron chi connectivity index (χ2n) is 5.24. The van der Waals surface area contributed by atoms with Crippen LogP contribution in [0.1, 0.15) is 23.4 Å². The van der Waals surface area contributed by atoms with Crippen LogP contribution in [-0.2, 0) is 22.9 Å². The number of aromatic nitrogens is 1. The number of aryl methyl sites for hydroxylation is 2. The first-order valence-corrected chi connectivity index (χ1v) is 9.88. The molecule has 122 valence electrons. The van der Waals surface area contributed by atoms with Crippen molar-refractivity contribution >= 4 is 49.5 Å². The fourth-order valence-corrected chi connectivity index (χ4v) is 4.24. The van der Waals surface area contributed by atoms with Crippen LogP contribution in [0.3, 0.4) is 0 Å². The van der Waals surface area contributed by atoms with E-state index in [0.29, 0.717) is 10.8 Å². The van der Waals surface area contributed by atoms with Gasteiger partial charge in [0.15, 0.2) is 10.2 Å².